The highest BCUT2D eigenvalue weighted by atomic mass is 32.1. The second-order valence-electron chi connectivity index (χ2n) is 6.08. The van der Waals surface area contributed by atoms with Crippen LogP contribution in [0.25, 0.3) is 6.08 Å². The molecule has 0 aliphatic heterocycles. The number of nitrogens with one attached hydrogen (secondary N) is 2. The summed E-state index contributed by atoms with van der Waals surface area (Å²) in [5.41, 5.74) is 0.569. The minimum absolute atomic E-state index is 0.0530. The number of rotatable bonds is 9. The molecule has 0 aliphatic rings. The van der Waals surface area contributed by atoms with Crippen molar-refractivity contribution in [3.05, 3.63) is 51.8 Å². The summed E-state index contributed by atoms with van der Waals surface area (Å²) < 4.78 is 10.4. The number of methoxy groups -OCH3 is 2. The normalized spacial score (nSPS) is 11.2. The molecule has 0 aliphatic carbocycles. The van der Waals surface area contributed by atoms with Crippen molar-refractivity contribution in [1.82, 2.24) is 10.6 Å². The van der Waals surface area contributed by atoms with Crippen molar-refractivity contribution in [3.63, 3.8) is 0 Å². The highest BCUT2D eigenvalue weighted by molar-refractivity contribution is 7.10. The smallest absolute Gasteiger partial charge is 0.268 e. The number of ether oxygens (including phenoxy) is 2. The van der Waals surface area contributed by atoms with E-state index in [0.717, 1.165) is 17.7 Å². The molecule has 7 heteroatoms. The van der Waals surface area contributed by atoms with E-state index >= 15 is 0 Å². The summed E-state index contributed by atoms with van der Waals surface area (Å²) in [7, 11) is 3.03. The number of hydrogen-bond donors (Lipinski definition) is 2. The van der Waals surface area contributed by atoms with E-state index < -0.39 is 5.91 Å². The van der Waals surface area contributed by atoms with Gasteiger partial charge in [0.15, 0.2) is 11.5 Å². The minimum Gasteiger partial charge on any atom is -0.493 e. The van der Waals surface area contributed by atoms with Crippen molar-refractivity contribution in [3.8, 4) is 11.5 Å². The molecular weight excluding hydrogens is 376 g/mol. The Morgan fingerprint density at radius 3 is 2.39 bits per heavy atom. The van der Waals surface area contributed by atoms with Crippen LogP contribution in [0.4, 0.5) is 0 Å². The van der Waals surface area contributed by atoms with Crippen molar-refractivity contribution in [2.75, 3.05) is 14.2 Å². The largest absolute Gasteiger partial charge is 0.493 e. The molecule has 0 bridgehead atoms. The van der Waals surface area contributed by atoms with Crippen LogP contribution in [0, 0.1) is 0 Å². The summed E-state index contributed by atoms with van der Waals surface area (Å²) in [6.07, 6.45) is 3.32. The zero-order valence-corrected chi connectivity index (χ0v) is 17.4. The highest BCUT2D eigenvalue weighted by Crippen LogP contribution is 2.27. The van der Waals surface area contributed by atoms with E-state index in [1.165, 1.54) is 25.6 Å². The maximum Gasteiger partial charge on any atom is 0.268 e. The van der Waals surface area contributed by atoms with Crippen LogP contribution >= 0.6 is 11.3 Å². The molecule has 0 atom stereocenters. The van der Waals surface area contributed by atoms with Crippen molar-refractivity contribution in [2.45, 2.75) is 32.7 Å². The Morgan fingerprint density at radius 2 is 1.82 bits per heavy atom. The zero-order valence-electron chi connectivity index (χ0n) is 16.6. The van der Waals surface area contributed by atoms with Gasteiger partial charge in [-0.05, 0) is 48.6 Å². The van der Waals surface area contributed by atoms with Crippen LogP contribution < -0.4 is 20.1 Å². The molecule has 2 rings (SSSR count). The molecule has 0 spiro atoms. The van der Waals surface area contributed by atoms with Gasteiger partial charge in [0.1, 0.15) is 5.70 Å². The lowest BCUT2D eigenvalue weighted by Gasteiger charge is -2.17. The third-order valence-corrected chi connectivity index (χ3v) is 5.11. The quantitative estimate of drug-likeness (QED) is 0.625. The van der Waals surface area contributed by atoms with E-state index in [1.54, 1.807) is 24.3 Å². The van der Waals surface area contributed by atoms with Crippen LogP contribution in [0.2, 0.25) is 0 Å². The van der Waals surface area contributed by atoms with Crippen molar-refractivity contribution >= 4 is 29.2 Å². The minimum atomic E-state index is -0.400. The molecule has 0 fully saturated rings. The second kappa shape index (κ2) is 10.5. The standard InChI is InChI=1S/C21H26N2O4S/c1-5-15(6-2)22-21(25)17(13-16-8-7-11-28-16)23-20(24)14-9-10-18(26-3)19(12-14)27-4/h7-13,15H,5-6H2,1-4H3,(H,22,25)(H,23,24)/b17-13-. The van der Waals surface area contributed by atoms with Gasteiger partial charge >= 0.3 is 0 Å². The maximum atomic E-state index is 12.8. The van der Waals surface area contributed by atoms with Gasteiger partial charge in [-0.1, -0.05) is 19.9 Å². The molecule has 0 radical (unpaired) electrons. The lowest BCUT2D eigenvalue weighted by Crippen LogP contribution is -2.40. The van der Waals surface area contributed by atoms with Crippen LogP contribution in [-0.4, -0.2) is 32.1 Å². The predicted octanol–water partition coefficient (Wildman–Crippen LogP) is 3.84. The third kappa shape index (κ3) is 5.60. The average Bonchev–Trinajstić information content (AvgIpc) is 3.23. The zero-order chi connectivity index (χ0) is 20.5. The predicted molar refractivity (Wildman–Crippen MR) is 112 cm³/mol. The van der Waals surface area contributed by atoms with E-state index in [-0.39, 0.29) is 17.6 Å². The Labute approximate surface area is 169 Å². The molecule has 0 saturated heterocycles. The molecule has 1 heterocycles. The first-order valence-electron chi connectivity index (χ1n) is 9.11. The van der Waals surface area contributed by atoms with E-state index in [2.05, 4.69) is 10.6 Å². The first-order valence-corrected chi connectivity index (χ1v) is 9.99. The van der Waals surface area contributed by atoms with Crippen molar-refractivity contribution < 1.29 is 19.1 Å². The van der Waals surface area contributed by atoms with Crippen LogP contribution in [-0.2, 0) is 4.79 Å². The van der Waals surface area contributed by atoms with Crippen LogP contribution in [0.3, 0.4) is 0 Å². The van der Waals surface area contributed by atoms with Gasteiger partial charge in [-0.2, -0.15) is 0 Å². The van der Waals surface area contributed by atoms with Gasteiger partial charge in [0, 0.05) is 16.5 Å². The van der Waals surface area contributed by atoms with Gasteiger partial charge in [0.05, 0.1) is 14.2 Å². The van der Waals surface area contributed by atoms with E-state index in [9.17, 15) is 9.59 Å². The van der Waals surface area contributed by atoms with Gasteiger partial charge in [0.2, 0.25) is 0 Å². The molecular formula is C21H26N2O4S. The average molecular weight is 403 g/mol. The topological polar surface area (TPSA) is 76.7 Å². The lowest BCUT2D eigenvalue weighted by atomic mass is 10.1. The fourth-order valence-corrected chi connectivity index (χ4v) is 3.26. The summed E-state index contributed by atoms with van der Waals surface area (Å²) in [5.74, 6) is 0.264. The van der Waals surface area contributed by atoms with Gasteiger partial charge < -0.3 is 20.1 Å². The molecule has 1 aromatic heterocycles. The molecule has 1 aromatic carbocycles. The number of carbonyl (C=O) groups excluding carboxylic acids is 2. The van der Waals surface area contributed by atoms with Gasteiger partial charge in [-0.15, -0.1) is 11.3 Å². The molecule has 2 aromatic rings. The van der Waals surface area contributed by atoms with Gasteiger partial charge in [-0.25, -0.2) is 0 Å². The lowest BCUT2D eigenvalue weighted by molar-refractivity contribution is -0.118. The first kappa shape index (κ1) is 21.5. The van der Waals surface area contributed by atoms with Crippen LogP contribution in [0.15, 0.2) is 41.4 Å². The van der Waals surface area contributed by atoms with Gasteiger partial charge in [0.25, 0.3) is 11.8 Å². The Hall–Kier alpha value is -2.80. The molecule has 2 N–H and O–H groups in total. The number of thiophene rings is 1. The number of amides is 2. The highest BCUT2D eigenvalue weighted by Gasteiger charge is 2.18. The Kier molecular flexibility index (Phi) is 8.07. The molecule has 6 nitrogen and oxygen atoms in total. The Balaban J connectivity index is 2.27. The van der Waals surface area contributed by atoms with E-state index in [4.69, 9.17) is 9.47 Å². The fraction of sp³-hybridized carbons (Fsp3) is 0.333. The summed E-state index contributed by atoms with van der Waals surface area (Å²) >= 11 is 1.49. The summed E-state index contributed by atoms with van der Waals surface area (Å²) in [6.45, 7) is 4.03. The second-order valence-corrected chi connectivity index (χ2v) is 7.06. The van der Waals surface area contributed by atoms with Crippen molar-refractivity contribution in [1.29, 1.82) is 0 Å². The Bertz CT molecular complexity index is 827. The first-order chi connectivity index (χ1) is 13.5. The SMILES string of the molecule is CCC(CC)NC(=O)/C(=C/c1cccs1)NC(=O)c1ccc(OC)c(OC)c1. The van der Waals surface area contributed by atoms with Gasteiger partial charge in [-0.3, -0.25) is 9.59 Å². The number of hydrogen-bond acceptors (Lipinski definition) is 5. The third-order valence-electron chi connectivity index (χ3n) is 4.29. The van der Waals surface area contributed by atoms with Crippen molar-refractivity contribution in [2.24, 2.45) is 0 Å². The molecule has 2 amide bonds. The number of carbonyl (C=O) groups is 2. The molecule has 28 heavy (non-hydrogen) atoms. The number of benzene rings is 1. The molecule has 0 saturated carbocycles. The van der Waals surface area contributed by atoms with Crippen LogP contribution in [0.1, 0.15) is 41.9 Å². The molecule has 150 valence electrons. The molecule has 0 unspecified atom stereocenters. The summed E-state index contributed by atoms with van der Waals surface area (Å²) in [6, 6.07) is 8.69. The fourth-order valence-electron chi connectivity index (χ4n) is 2.60. The Morgan fingerprint density at radius 1 is 1.11 bits per heavy atom. The monoisotopic (exact) mass is 402 g/mol. The van der Waals surface area contributed by atoms with Crippen LogP contribution in [0.5, 0.6) is 11.5 Å². The maximum absolute atomic E-state index is 12.8. The summed E-state index contributed by atoms with van der Waals surface area (Å²) in [5, 5.41) is 7.61. The van der Waals surface area contributed by atoms with E-state index in [0.29, 0.717) is 17.1 Å². The summed E-state index contributed by atoms with van der Waals surface area (Å²) in [4.78, 5) is 26.4. The van der Waals surface area contributed by atoms with E-state index in [1.807, 2.05) is 31.4 Å².